The summed E-state index contributed by atoms with van der Waals surface area (Å²) in [5.41, 5.74) is 11.3. The van der Waals surface area contributed by atoms with Crippen LogP contribution < -0.4 is 11.6 Å². The first-order chi connectivity index (χ1) is 14.6. The maximum absolute atomic E-state index is 11.1. The molecule has 7 nitrogen and oxygen atoms in total. The Labute approximate surface area is 178 Å². The highest BCUT2D eigenvalue weighted by Gasteiger charge is 2.16. The molecule has 0 aliphatic rings. The second-order valence-corrected chi connectivity index (χ2v) is 7.11. The number of aldehydes is 1. The average molecular weight is 419 g/mol. The topological polar surface area (TPSA) is 103 Å². The maximum Gasteiger partial charge on any atom is 0.151 e. The number of benzene rings is 1. The summed E-state index contributed by atoms with van der Waals surface area (Å²) in [6.07, 6.45) is 7.69. The summed E-state index contributed by atoms with van der Waals surface area (Å²) >= 11 is 5.99. The van der Waals surface area contributed by atoms with Crippen molar-refractivity contribution in [2.24, 2.45) is 11.6 Å². The lowest BCUT2D eigenvalue weighted by molar-refractivity contribution is 0.112. The van der Waals surface area contributed by atoms with Crippen molar-refractivity contribution >= 4 is 29.2 Å². The van der Waals surface area contributed by atoms with Crippen molar-refractivity contribution in [3.05, 3.63) is 95.2 Å². The number of hydrazine groups is 1. The Kier molecular flexibility index (Phi) is 5.47. The van der Waals surface area contributed by atoms with E-state index < -0.39 is 0 Å². The van der Waals surface area contributed by atoms with E-state index in [9.17, 15) is 4.79 Å². The van der Waals surface area contributed by atoms with Crippen LogP contribution in [0.2, 0.25) is 5.02 Å². The molecule has 0 saturated heterocycles. The molecule has 4 N–H and O–H groups in total. The summed E-state index contributed by atoms with van der Waals surface area (Å²) in [4.78, 5) is 19.9. The van der Waals surface area contributed by atoms with Gasteiger partial charge in [0.1, 0.15) is 5.65 Å². The number of nitrogens with two attached hydrogens (primary N) is 2. The zero-order valence-electron chi connectivity index (χ0n) is 15.9. The summed E-state index contributed by atoms with van der Waals surface area (Å²) in [7, 11) is 0. The second-order valence-electron chi connectivity index (χ2n) is 6.70. The van der Waals surface area contributed by atoms with Crippen molar-refractivity contribution in [2.75, 3.05) is 0 Å². The number of rotatable bonds is 6. The molecule has 4 aromatic rings. The van der Waals surface area contributed by atoms with Crippen LogP contribution in [0.5, 0.6) is 0 Å². The predicted molar refractivity (Wildman–Crippen MR) is 117 cm³/mol. The largest absolute Gasteiger partial charge is 0.396 e. The van der Waals surface area contributed by atoms with Crippen LogP contribution in [0.4, 0.5) is 0 Å². The predicted octanol–water partition coefficient (Wildman–Crippen LogP) is 3.50. The van der Waals surface area contributed by atoms with Gasteiger partial charge in [0.15, 0.2) is 6.29 Å². The number of halogens is 1. The van der Waals surface area contributed by atoms with E-state index >= 15 is 0 Å². The van der Waals surface area contributed by atoms with Crippen molar-refractivity contribution < 1.29 is 4.79 Å². The van der Waals surface area contributed by atoms with Crippen molar-refractivity contribution in [1.82, 2.24) is 19.4 Å². The van der Waals surface area contributed by atoms with Gasteiger partial charge in [0.25, 0.3) is 0 Å². The maximum atomic E-state index is 11.1. The fourth-order valence-electron chi connectivity index (χ4n) is 3.26. The fraction of sp³-hybridized carbons (Fsp3) is 0.0455. The quantitative estimate of drug-likeness (QED) is 0.282. The van der Waals surface area contributed by atoms with E-state index in [-0.39, 0.29) is 0 Å². The van der Waals surface area contributed by atoms with Gasteiger partial charge in [-0.3, -0.25) is 14.2 Å². The van der Waals surface area contributed by atoms with E-state index in [1.807, 2.05) is 47.0 Å². The van der Waals surface area contributed by atoms with Gasteiger partial charge in [-0.05, 0) is 42.0 Å². The number of pyridine rings is 2. The molecule has 0 fully saturated rings. The molecule has 0 radical (unpaired) electrons. The molecule has 30 heavy (non-hydrogen) atoms. The van der Waals surface area contributed by atoms with E-state index in [1.165, 1.54) is 5.01 Å². The van der Waals surface area contributed by atoms with Gasteiger partial charge in [-0.2, -0.15) is 0 Å². The van der Waals surface area contributed by atoms with Gasteiger partial charge >= 0.3 is 0 Å². The van der Waals surface area contributed by atoms with Gasteiger partial charge in [-0.1, -0.05) is 23.7 Å². The molecule has 3 aromatic heterocycles. The third-order valence-corrected chi connectivity index (χ3v) is 4.96. The zero-order valence-corrected chi connectivity index (χ0v) is 16.7. The minimum Gasteiger partial charge on any atom is -0.396 e. The highest BCUT2D eigenvalue weighted by molar-refractivity contribution is 6.32. The first-order valence-electron chi connectivity index (χ1n) is 9.17. The van der Waals surface area contributed by atoms with Gasteiger partial charge in [0, 0.05) is 35.9 Å². The number of nitrogens with zero attached hydrogens (tertiary/aromatic N) is 4. The first-order valence-corrected chi connectivity index (χ1v) is 9.54. The van der Waals surface area contributed by atoms with Crippen LogP contribution in [0.3, 0.4) is 0 Å². The standard InChI is InChI=1S/C22H19ClN6O/c23-18-5-4-15(11-17(18)14-30)12-28(25)13-19(24)22-21(16-6-8-26-9-7-16)27-20-3-1-2-10-29(20)22/h1-11,13-14H,12,24-25H2/b19-13-. The molecule has 150 valence electrons. The molecule has 3 heterocycles. The highest BCUT2D eigenvalue weighted by atomic mass is 35.5. The lowest BCUT2D eigenvalue weighted by atomic mass is 10.1. The Hall–Kier alpha value is -3.68. The van der Waals surface area contributed by atoms with E-state index in [2.05, 4.69) is 4.98 Å². The van der Waals surface area contributed by atoms with Crippen LogP contribution in [-0.4, -0.2) is 25.7 Å². The van der Waals surface area contributed by atoms with Crippen molar-refractivity contribution in [2.45, 2.75) is 6.54 Å². The van der Waals surface area contributed by atoms with E-state index in [0.717, 1.165) is 34.4 Å². The number of aromatic nitrogens is 3. The lowest BCUT2D eigenvalue weighted by Gasteiger charge is -2.16. The molecule has 4 rings (SSSR count). The van der Waals surface area contributed by atoms with Crippen LogP contribution in [0, 0.1) is 0 Å². The Morgan fingerprint density at radius 3 is 2.73 bits per heavy atom. The van der Waals surface area contributed by atoms with Crippen molar-refractivity contribution in [3.8, 4) is 11.3 Å². The van der Waals surface area contributed by atoms with Gasteiger partial charge in [0.2, 0.25) is 0 Å². The molecule has 8 heteroatoms. The minimum absolute atomic E-state index is 0.347. The first kappa shape index (κ1) is 19.6. The zero-order chi connectivity index (χ0) is 21.1. The molecule has 0 bridgehead atoms. The molecule has 0 aliphatic carbocycles. The van der Waals surface area contributed by atoms with E-state index in [0.29, 0.717) is 22.8 Å². The van der Waals surface area contributed by atoms with Crippen molar-refractivity contribution in [1.29, 1.82) is 0 Å². The molecule has 0 unspecified atom stereocenters. The normalized spacial score (nSPS) is 11.6. The second kappa shape index (κ2) is 8.36. The number of fused-ring (bicyclic) bond motifs is 1. The molecule has 0 aliphatic heterocycles. The number of imidazole rings is 1. The van der Waals surface area contributed by atoms with Crippen molar-refractivity contribution in [3.63, 3.8) is 0 Å². The third kappa shape index (κ3) is 3.89. The van der Waals surface area contributed by atoms with Crippen LogP contribution >= 0.6 is 11.6 Å². The van der Waals surface area contributed by atoms with Gasteiger partial charge in [-0.25, -0.2) is 10.8 Å². The van der Waals surface area contributed by atoms with Gasteiger partial charge in [0.05, 0.1) is 28.7 Å². The number of hydrogen-bond acceptors (Lipinski definition) is 6. The summed E-state index contributed by atoms with van der Waals surface area (Å²) < 4.78 is 1.92. The van der Waals surface area contributed by atoms with Crippen LogP contribution in [-0.2, 0) is 6.54 Å². The van der Waals surface area contributed by atoms with Gasteiger partial charge in [-0.15, -0.1) is 0 Å². The molecular weight excluding hydrogens is 400 g/mol. The monoisotopic (exact) mass is 418 g/mol. The van der Waals surface area contributed by atoms with Crippen LogP contribution in [0.15, 0.2) is 73.3 Å². The summed E-state index contributed by atoms with van der Waals surface area (Å²) in [5.74, 6) is 6.19. The molecule has 0 atom stereocenters. The SMILES string of the molecule is N/C(=C\N(N)Cc1ccc(Cl)c(C=O)c1)c1c(-c2ccncc2)nc2ccccn12. The fourth-order valence-corrected chi connectivity index (χ4v) is 3.42. The Morgan fingerprint density at radius 2 is 1.97 bits per heavy atom. The average Bonchev–Trinajstić information content (AvgIpc) is 3.15. The third-order valence-electron chi connectivity index (χ3n) is 4.61. The van der Waals surface area contributed by atoms with Crippen LogP contribution in [0.1, 0.15) is 21.6 Å². The smallest absolute Gasteiger partial charge is 0.151 e. The Balaban J connectivity index is 1.71. The van der Waals surface area contributed by atoms with E-state index in [1.54, 1.807) is 30.7 Å². The Bertz CT molecular complexity index is 1240. The van der Waals surface area contributed by atoms with Gasteiger partial charge < -0.3 is 10.7 Å². The summed E-state index contributed by atoms with van der Waals surface area (Å²) in [6.45, 7) is 0.347. The summed E-state index contributed by atoms with van der Waals surface area (Å²) in [5, 5.41) is 1.87. The molecule has 0 amide bonds. The highest BCUT2D eigenvalue weighted by Crippen LogP contribution is 2.27. The number of carbonyl (C=O) groups is 1. The number of carbonyl (C=O) groups excluding carboxylic acids is 1. The minimum atomic E-state index is 0.347. The van der Waals surface area contributed by atoms with E-state index in [4.69, 9.17) is 28.2 Å². The lowest BCUT2D eigenvalue weighted by Crippen LogP contribution is -2.26. The van der Waals surface area contributed by atoms with Crippen LogP contribution in [0.25, 0.3) is 22.6 Å². The molecular formula is C22H19ClN6O. The molecule has 0 saturated carbocycles. The molecule has 0 spiro atoms. The Morgan fingerprint density at radius 1 is 1.17 bits per heavy atom. The summed E-state index contributed by atoms with van der Waals surface area (Å²) in [6, 6.07) is 14.7. The number of hydrogen-bond donors (Lipinski definition) is 2. The molecule has 1 aromatic carbocycles.